The van der Waals surface area contributed by atoms with Gasteiger partial charge in [0.05, 0.1) is 0 Å². The second-order valence-corrected chi connectivity index (χ2v) is 10.6. The summed E-state index contributed by atoms with van der Waals surface area (Å²) in [6.07, 6.45) is 3.97. The molecule has 5 rings (SSSR count). The van der Waals surface area contributed by atoms with Crippen molar-refractivity contribution < 1.29 is 14.3 Å². The van der Waals surface area contributed by atoms with E-state index in [0.29, 0.717) is 41.4 Å². The number of fused-ring (bicyclic) bond motifs is 3. The van der Waals surface area contributed by atoms with Gasteiger partial charge >= 0.3 is 5.97 Å². The Balaban J connectivity index is 1.37. The van der Waals surface area contributed by atoms with Crippen LogP contribution in [0, 0.1) is 0 Å². The number of esters is 1. The van der Waals surface area contributed by atoms with E-state index >= 15 is 0 Å². The van der Waals surface area contributed by atoms with Crippen LogP contribution >= 0.6 is 34.7 Å². The number of thioether (sulfide) groups is 1. The van der Waals surface area contributed by atoms with Crippen LogP contribution in [0.2, 0.25) is 5.02 Å². The predicted octanol–water partition coefficient (Wildman–Crippen LogP) is 4.27. The average Bonchev–Trinajstić information content (AvgIpc) is 3.34. The lowest BCUT2D eigenvalue weighted by atomic mass is 9.85. The summed E-state index contributed by atoms with van der Waals surface area (Å²) in [7, 11) is 0. The summed E-state index contributed by atoms with van der Waals surface area (Å²) in [6.45, 7) is 0.600. The SMILES string of the molecule is CSc1nc2sccc2nc1C(=O)OC1CC2CCC(C(N)=O)(C1)N2Cc1ccc(Cl)cc1. The van der Waals surface area contributed by atoms with Gasteiger partial charge in [0, 0.05) is 30.5 Å². The molecule has 172 valence electrons. The number of benzene rings is 1. The molecule has 2 saturated heterocycles. The first-order valence-electron chi connectivity index (χ1n) is 10.7. The summed E-state index contributed by atoms with van der Waals surface area (Å²) in [6, 6.07) is 9.56. The molecule has 33 heavy (non-hydrogen) atoms. The molecule has 10 heteroatoms. The second-order valence-electron chi connectivity index (χ2n) is 8.50. The second kappa shape index (κ2) is 8.87. The first kappa shape index (κ1) is 22.6. The van der Waals surface area contributed by atoms with Gasteiger partial charge in [-0.1, -0.05) is 23.7 Å². The Hall–Kier alpha value is -2.20. The number of rotatable bonds is 6. The van der Waals surface area contributed by atoms with Gasteiger partial charge in [-0.2, -0.15) is 0 Å². The van der Waals surface area contributed by atoms with Crippen molar-refractivity contribution in [3.8, 4) is 0 Å². The Morgan fingerprint density at radius 2 is 2.09 bits per heavy atom. The monoisotopic (exact) mass is 502 g/mol. The molecule has 0 spiro atoms. The lowest BCUT2D eigenvalue weighted by Crippen LogP contribution is -2.60. The zero-order chi connectivity index (χ0) is 23.2. The van der Waals surface area contributed by atoms with Crippen LogP contribution in [0.5, 0.6) is 0 Å². The highest BCUT2D eigenvalue weighted by Crippen LogP contribution is 2.46. The fourth-order valence-corrected chi connectivity index (χ4v) is 6.46. The van der Waals surface area contributed by atoms with Gasteiger partial charge in [0.2, 0.25) is 5.91 Å². The number of piperidine rings is 1. The molecule has 3 unspecified atom stereocenters. The van der Waals surface area contributed by atoms with E-state index in [-0.39, 0.29) is 17.6 Å². The summed E-state index contributed by atoms with van der Waals surface area (Å²) in [5.41, 5.74) is 7.07. The molecule has 0 aliphatic carbocycles. The van der Waals surface area contributed by atoms with Gasteiger partial charge in [0.25, 0.3) is 0 Å². The van der Waals surface area contributed by atoms with E-state index in [0.717, 1.165) is 16.8 Å². The molecule has 2 bridgehead atoms. The topological polar surface area (TPSA) is 98.4 Å². The fourth-order valence-electron chi connectivity index (χ4n) is 5.06. The number of carbonyl (C=O) groups excluding carboxylic acids is 2. The third-order valence-corrected chi connectivity index (χ3v) is 8.35. The molecule has 3 aromatic rings. The van der Waals surface area contributed by atoms with E-state index in [4.69, 9.17) is 22.1 Å². The van der Waals surface area contributed by atoms with Crippen molar-refractivity contribution in [3.63, 3.8) is 0 Å². The highest BCUT2D eigenvalue weighted by Gasteiger charge is 2.56. The quantitative estimate of drug-likeness (QED) is 0.397. The molecule has 0 radical (unpaired) electrons. The van der Waals surface area contributed by atoms with Gasteiger partial charge in [-0.3, -0.25) is 9.69 Å². The minimum atomic E-state index is -0.834. The summed E-state index contributed by atoms with van der Waals surface area (Å²) >= 11 is 8.87. The Morgan fingerprint density at radius 3 is 2.82 bits per heavy atom. The zero-order valence-electron chi connectivity index (χ0n) is 18.0. The fraction of sp³-hybridized carbons (Fsp3) is 0.391. The minimum absolute atomic E-state index is 0.102. The number of thiophene rings is 1. The summed E-state index contributed by atoms with van der Waals surface area (Å²) in [4.78, 5) is 37.8. The van der Waals surface area contributed by atoms with E-state index < -0.39 is 17.6 Å². The number of primary amides is 1. The van der Waals surface area contributed by atoms with Crippen LogP contribution < -0.4 is 5.73 Å². The molecule has 2 fully saturated rings. The van der Waals surface area contributed by atoms with E-state index in [9.17, 15) is 9.59 Å². The molecule has 3 atom stereocenters. The van der Waals surface area contributed by atoms with Crippen molar-refractivity contribution in [1.82, 2.24) is 14.9 Å². The Labute approximate surface area is 204 Å². The Kier molecular flexibility index (Phi) is 6.07. The van der Waals surface area contributed by atoms with Crippen LogP contribution in [0.15, 0.2) is 40.7 Å². The molecular weight excluding hydrogens is 480 g/mol. The first-order chi connectivity index (χ1) is 15.9. The standard InChI is InChI=1S/C23H23ClN4O3S2/c1-32-20-18(26-17-7-9-33-19(17)27-20)21(29)31-16-10-15-6-8-23(11-16,22(25)30)28(15)12-13-2-4-14(24)5-3-13/h2-5,7,9,15-16H,6,8,10-12H2,1H3,(H2,25,30). The molecule has 7 nitrogen and oxygen atoms in total. The van der Waals surface area contributed by atoms with Crippen LogP contribution in [-0.4, -0.2) is 50.7 Å². The molecular formula is C23H23ClN4O3S2. The molecule has 1 aromatic carbocycles. The smallest absolute Gasteiger partial charge is 0.360 e. The third-order valence-electron chi connectivity index (χ3n) is 6.63. The van der Waals surface area contributed by atoms with E-state index in [1.807, 2.05) is 42.0 Å². The summed E-state index contributed by atoms with van der Waals surface area (Å²) in [5.74, 6) is -0.876. The maximum atomic E-state index is 13.1. The number of nitrogens with two attached hydrogens (primary N) is 1. The largest absolute Gasteiger partial charge is 0.457 e. The molecule has 4 heterocycles. The van der Waals surface area contributed by atoms with Gasteiger partial charge in [-0.25, -0.2) is 14.8 Å². The Morgan fingerprint density at radius 1 is 1.30 bits per heavy atom. The van der Waals surface area contributed by atoms with Gasteiger partial charge in [0.15, 0.2) is 5.69 Å². The van der Waals surface area contributed by atoms with Crippen LogP contribution in [0.25, 0.3) is 10.3 Å². The Bertz CT molecular complexity index is 1220. The summed E-state index contributed by atoms with van der Waals surface area (Å²) in [5, 5.41) is 3.11. The van der Waals surface area contributed by atoms with Crippen LogP contribution in [0.1, 0.15) is 41.7 Å². The number of amides is 1. The number of hydrogen-bond donors (Lipinski definition) is 1. The van der Waals surface area contributed by atoms with Crippen molar-refractivity contribution >= 4 is 56.9 Å². The predicted molar refractivity (Wildman–Crippen MR) is 130 cm³/mol. The van der Waals surface area contributed by atoms with Crippen LogP contribution in [0.4, 0.5) is 0 Å². The number of hydrogen-bond acceptors (Lipinski definition) is 8. The van der Waals surface area contributed by atoms with Crippen molar-refractivity contribution in [2.75, 3.05) is 6.26 Å². The molecule has 2 aromatic heterocycles. The number of halogens is 1. The van der Waals surface area contributed by atoms with Crippen molar-refractivity contribution in [3.05, 3.63) is 52.0 Å². The molecule has 2 aliphatic rings. The van der Waals surface area contributed by atoms with E-state index in [1.54, 1.807) is 0 Å². The van der Waals surface area contributed by atoms with Gasteiger partial charge in [-0.05, 0) is 48.2 Å². The molecule has 1 amide bonds. The van der Waals surface area contributed by atoms with Gasteiger partial charge in [-0.15, -0.1) is 23.1 Å². The molecule has 2 aliphatic heterocycles. The number of nitrogens with zero attached hydrogens (tertiary/aromatic N) is 3. The lowest BCUT2D eigenvalue weighted by molar-refractivity contribution is -0.136. The highest BCUT2D eigenvalue weighted by atomic mass is 35.5. The van der Waals surface area contributed by atoms with E-state index in [1.165, 1.54) is 23.1 Å². The van der Waals surface area contributed by atoms with Crippen LogP contribution in [0.3, 0.4) is 0 Å². The van der Waals surface area contributed by atoms with Crippen molar-refractivity contribution in [2.24, 2.45) is 5.73 Å². The van der Waals surface area contributed by atoms with Crippen molar-refractivity contribution in [2.45, 2.75) is 54.9 Å². The zero-order valence-corrected chi connectivity index (χ0v) is 20.4. The third kappa shape index (κ3) is 4.12. The van der Waals surface area contributed by atoms with Gasteiger partial charge in [0.1, 0.15) is 27.0 Å². The first-order valence-corrected chi connectivity index (χ1v) is 13.2. The highest BCUT2D eigenvalue weighted by molar-refractivity contribution is 7.98. The van der Waals surface area contributed by atoms with Gasteiger partial charge < -0.3 is 10.5 Å². The lowest BCUT2D eigenvalue weighted by Gasteiger charge is -2.45. The maximum Gasteiger partial charge on any atom is 0.360 e. The summed E-state index contributed by atoms with van der Waals surface area (Å²) < 4.78 is 5.91. The molecule has 0 saturated carbocycles. The molecule has 2 N–H and O–H groups in total. The average molecular weight is 503 g/mol. The normalized spacial score (nSPS) is 24.8. The van der Waals surface area contributed by atoms with Crippen molar-refractivity contribution in [1.29, 1.82) is 0 Å². The van der Waals surface area contributed by atoms with E-state index in [2.05, 4.69) is 14.9 Å². The number of aromatic nitrogens is 2. The maximum absolute atomic E-state index is 13.1. The van der Waals surface area contributed by atoms with Crippen LogP contribution in [-0.2, 0) is 16.1 Å². The number of ether oxygens (including phenoxy) is 1. The minimum Gasteiger partial charge on any atom is -0.457 e. The number of carbonyl (C=O) groups is 2.